The number of benzene rings is 1. The third-order valence-corrected chi connectivity index (χ3v) is 4.35. The Hall–Kier alpha value is -3.17. The van der Waals surface area contributed by atoms with Gasteiger partial charge in [-0.05, 0) is 26.0 Å². The van der Waals surface area contributed by atoms with E-state index in [4.69, 9.17) is 0 Å². The molecule has 0 saturated heterocycles. The topological polar surface area (TPSA) is 64.7 Å². The smallest absolute Gasteiger partial charge is 0.309 e. The first-order valence-electron chi connectivity index (χ1n) is 8.83. The number of amides is 1. The van der Waals surface area contributed by atoms with Crippen molar-refractivity contribution in [1.29, 1.82) is 0 Å². The molecule has 0 aliphatic heterocycles. The van der Waals surface area contributed by atoms with Crippen molar-refractivity contribution in [2.24, 2.45) is 0 Å². The zero-order valence-corrected chi connectivity index (χ0v) is 15.8. The van der Waals surface area contributed by atoms with E-state index in [0.29, 0.717) is 11.3 Å². The Kier molecular flexibility index (Phi) is 5.71. The number of anilines is 1. The SMILES string of the molecule is Cc1cc(NC(=O)CCn2nc(C(F)(F)F)cc2C)nn1Cc1ccccc1F. The quantitative estimate of drug-likeness (QED) is 0.628. The summed E-state index contributed by atoms with van der Waals surface area (Å²) in [6.45, 7) is 3.48. The van der Waals surface area contributed by atoms with Crippen molar-refractivity contribution in [2.75, 3.05) is 5.32 Å². The van der Waals surface area contributed by atoms with Gasteiger partial charge in [0.1, 0.15) is 5.82 Å². The molecule has 29 heavy (non-hydrogen) atoms. The standard InChI is InChI=1S/C19H19F4N5O/c1-12-9-16(19(21,22)23)25-27(12)8-7-18(29)24-17-10-13(2)28(26-17)11-14-5-3-4-6-15(14)20/h3-6,9-10H,7-8,11H2,1-2H3,(H,24,26,29). The van der Waals surface area contributed by atoms with E-state index < -0.39 is 17.8 Å². The second kappa shape index (κ2) is 8.06. The Morgan fingerprint density at radius 1 is 1.07 bits per heavy atom. The zero-order valence-electron chi connectivity index (χ0n) is 15.8. The van der Waals surface area contributed by atoms with Crippen molar-refractivity contribution in [2.45, 2.75) is 39.5 Å². The molecule has 1 aromatic carbocycles. The van der Waals surface area contributed by atoms with Crippen LogP contribution in [-0.4, -0.2) is 25.5 Å². The number of nitrogens with zero attached hydrogens (tertiary/aromatic N) is 4. The number of carbonyl (C=O) groups is 1. The van der Waals surface area contributed by atoms with Gasteiger partial charge in [0, 0.05) is 36.0 Å². The third-order valence-electron chi connectivity index (χ3n) is 4.35. The maximum atomic E-state index is 13.8. The molecule has 2 aromatic heterocycles. The van der Waals surface area contributed by atoms with Gasteiger partial charge in [0.2, 0.25) is 5.91 Å². The maximum Gasteiger partial charge on any atom is 0.435 e. The van der Waals surface area contributed by atoms with Gasteiger partial charge in [-0.25, -0.2) is 4.39 Å². The van der Waals surface area contributed by atoms with Crippen molar-refractivity contribution in [3.8, 4) is 0 Å². The highest BCUT2D eigenvalue weighted by Crippen LogP contribution is 2.28. The predicted octanol–water partition coefficient (Wildman–Crippen LogP) is 3.93. The van der Waals surface area contributed by atoms with E-state index in [9.17, 15) is 22.4 Å². The van der Waals surface area contributed by atoms with Gasteiger partial charge in [-0.2, -0.15) is 23.4 Å². The fourth-order valence-corrected chi connectivity index (χ4v) is 2.81. The molecule has 154 valence electrons. The summed E-state index contributed by atoms with van der Waals surface area (Å²) in [5, 5.41) is 10.3. The normalized spacial score (nSPS) is 11.7. The summed E-state index contributed by atoms with van der Waals surface area (Å²) in [6, 6.07) is 8.90. The first-order chi connectivity index (χ1) is 13.6. The zero-order chi connectivity index (χ0) is 21.2. The highest BCUT2D eigenvalue weighted by molar-refractivity contribution is 5.89. The average molecular weight is 409 g/mol. The number of rotatable bonds is 6. The lowest BCUT2D eigenvalue weighted by atomic mass is 10.2. The van der Waals surface area contributed by atoms with Gasteiger partial charge in [0.25, 0.3) is 0 Å². The summed E-state index contributed by atoms with van der Waals surface area (Å²) in [4.78, 5) is 12.2. The number of alkyl halides is 3. The van der Waals surface area contributed by atoms with Crippen LogP contribution in [0.2, 0.25) is 0 Å². The minimum absolute atomic E-state index is 0.00264. The summed E-state index contributed by atoms with van der Waals surface area (Å²) in [6.07, 6.45) is -4.60. The molecule has 1 amide bonds. The minimum Gasteiger partial charge on any atom is -0.309 e. The van der Waals surface area contributed by atoms with Crippen LogP contribution < -0.4 is 5.32 Å². The van der Waals surface area contributed by atoms with Gasteiger partial charge in [0.05, 0.1) is 6.54 Å². The van der Waals surface area contributed by atoms with Crippen molar-refractivity contribution in [3.05, 3.63) is 64.9 Å². The van der Waals surface area contributed by atoms with Crippen molar-refractivity contribution in [1.82, 2.24) is 19.6 Å². The fraction of sp³-hybridized carbons (Fsp3) is 0.316. The van der Waals surface area contributed by atoms with Crippen molar-refractivity contribution in [3.63, 3.8) is 0 Å². The van der Waals surface area contributed by atoms with Crippen LogP contribution in [0.25, 0.3) is 0 Å². The van der Waals surface area contributed by atoms with Crippen LogP contribution in [0.5, 0.6) is 0 Å². The molecule has 2 heterocycles. The highest BCUT2D eigenvalue weighted by Gasteiger charge is 2.34. The Balaban J connectivity index is 1.60. The van der Waals surface area contributed by atoms with Crippen LogP contribution in [0.1, 0.15) is 29.1 Å². The number of hydrogen-bond acceptors (Lipinski definition) is 3. The van der Waals surface area contributed by atoms with Gasteiger partial charge in [0.15, 0.2) is 11.5 Å². The van der Waals surface area contributed by atoms with Crippen LogP contribution in [-0.2, 0) is 24.1 Å². The largest absolute Gasteiger partial charge is 0.435 e. The lowest BCUT2D eigenvalue weighted by Gasteiger charge is -2.06. The van der Waals surface area contributed by atoms with Gasteiger partial charge in [-0.1, -0.05) is 18.2 Å². The molecule has 0 atom stereocenters. The van der Waals surface area contributed by atoms with E-state index in [-0.39, 0.29) is 31.1 Å². The van der Waals surface area contributed by atoms with E-state index in [1.807, 2.05) is 0 Å². The van der Waals surface area contributed by atoms with E-state index in [1.54, 1.807) is 35.9 Å². The lowest BCUT2D eigenvalue weighted by Crippen LogP contribution is -2.16. The van der Waals surface area contributed by atoms with E-state index in [2.05, 4.69) is 15.5 Å². The summed E-state index contributed by atoms with van der Waals surface area (Å²) in [5.74, 6) is -0.471. The van der Waals surface area contributed by atoms with Gasteiger partial charge in [-0.15, -0.1) is 0 Å². The van der Waals surface area contributed by atoms with Crippen LogP contribution in [0.15, 0.2) is 36.4 Å². The molecular weight excluding hydrogens is 390 g/mol. The van der Waals surface area contributed by atoms with Crippen LogP contribution in [0, 0.1) is 19.7 Å². The molecule has 0 aliphatic carbocycles. The maximum absolute atomic E-state index is 13.8. The Morgan fingerprint density at radius 2 is 1.76 bits per heavy atom. The highest BCUT2D eigenvalue weighted by atomic mass is 19.4. The Labute approximate surface area is 164 Å². The average Bonchev–Trinajstić information content (AvgIpc) is 3.17. The fourth-order valence-electron chi connectivity index (χ4n) is 2.81. The molecule has 6 nitrogen and oxygen atoms in total. The summed E-state index contributed by atoms with van der Waals surface area (Å²) >= 11 is 0. The summed E-state index contributed by atoms with van der Waals surface area (Å²) in [7, 11) is 0. The monoisotopic (exact) mass is 409 g/mol. The van der Waals surface area contributed by atoms with Crippen LogP contribution in [0.3, 0.4) is 0 Å². The molecule has 0 spiro atoms. The number of hydrogen-bond donors (Lipinski definition) is 1. The molecule has 3 rings (SSSR count). The minimum atomic E-state index is -4.53. The number of nitrogens with one attached hydrogen (secondary N) is 1. The predicted molar refractivity (Wildman–Crippen MR) is 97.7 cm³/mol. The number of carbonyl (C=O) groups excluding carboxylic acids is 1. The molecule has 10 heteroatoms. The van der Waals surface area contributed by atoms with Crippen molar-refractivity contribution < 1.29 is 22.4 Å². The van der Waals surface area contributed by atoms with E-state index >= 15 is 0 Å². The molecule has 0 aliphatic rings. The number of aromatic nitrogens is 4. The lowest BCUT2D eigenvalue weighted by molar-refractivity contribution is -0.141. The summed E-state index contributed by atoms with van der Waals surface area (Å²) in [5.41, 5.74) is 0.514. The molecular formula is C19H19F4N5O. The van der Waals surface area contributed by atoms with Crippen LogP contribution in [0.4, 0.5) is 23.4 Å². The van der Waals surface area contributed by atoms with Gasteiger partial charge in [-0.3, -0.25) is 14.2 Å². The first kappa shape index (κ1) is 20.6. The molecule has 0 bridgehead atoms. The summed E-state index contributed by atoms with van der Waals surface area (Å²) < 4.78 is 54.6. The molecule has 0 fully saturated rings. The molecule has 3 aromatic rings. The molecule has 0 saturated carbocycles. The van der Waals surface area contributed by atoms with Gasteiger partial charge < -0.3 is 5.32 Å². The molecule has 1 N–H and O–H groups in total. The van der Waals surface area contributed by atoms with Crippen LogP contribution >= 0.6 is 0 Å². The first-order valence-corrected chi connectivity index (χ1v) is 8.83. The van der Waals surface area contributed by atoms with Gasteiger partial charge >= 0.3 is 6.18 Å². The second-order valence-electron chi connectivity index (χ2n) is 6.61. The number of aryl methyl sites for hydroxylation is 3. The van der Waals surface area contributed by atoms with Crippen molar-refractivity contribution >= 4 is 11.7 Å². The second-order valence-corrected chi connectivity index (χ2v) is 6.61. The number of halogens is 4. The Bertz CT molecular complexity index is 1020. The Morgan fingerprint density at radius 3 is 2.41 bits per heavy atom. The molecule has 0 radical (unpaired) electrons. The third kappa shape index (κ3) is 5.01. The van der Waals surface area contributed by atoms with E-state index in [1.165, 1.54) is 13.0 Å². The van der Waals surface area contributed by atoms with E-state index in [0.717, 1.165) is 16.4 Å². The molecule has 0 unspecified atom stereocenters.